The predicted octanol–water partition coefficient (Wildman–Crippen LogP) is 5.80. The molecule has 0 aliphatic carbocycles. The van der Waals surface area contributed by atoms with E-state index >= 15 is 0 Å². The minimum Gasteiger partial charge on any atom is -0.350 e. The summed E-state index contributed by atoms with van der Waals surface area (Å²) in [5.41, 5.74) is 4.63. The van der Waals surface area contributed by atoms with E-state index in [9.17, 15) is 18.0 Å². The number of nitrogens with one attached hydrogen (secondary N) is 1. The minimum absolute atomic E-state index is 0.165. The Morgan fingerprint density at radius 1 is 0.773 bits per heavy atom. The largest absolute Gasteiger partial charge is 0.350 e. The molecular weight excluding hydrogens is 570 g/mol. The smallest absolute Gasteiger partial charge is 0.247 e. The number of hydrogen-bond acceptors (Lipinski definition) is 4. The summed E-state index contributed by atoms with van der Waals surface area (Å²) in [5, 5.41) is 3.06. The van der Waals surface area contributed by atoms with Gasteiger partial charge in [0, 0.05) is 32.6 Å². The molecular formula is C36H39N3O4S. The van der Waals surface area contributed by atoms with Gasteiger partial charge in [-0.05, 0) is 60.6 Å². The van der Waals surface area contributed by atoms with Crippen molar-refractivity contribution in [2.45, 2.75) is 56.6 Å². The Bertz CT molecular complexity index is 1640. The first-order valence-corrected chi connectivity index (χ1v) is 16.6. The number of benzene rings is 4. The number of sulfonamides is 1. The van der Waals surface area contributed by atoms with Gasteiger partial charge in [-0.1, -0.05) is 103 Å². The molecule has 7 nitrogen and oxygen atoms in total. The predicted molar refractivity (Wildman–Crippen MR) is 172 cm³/mol. The van der Waals surface area contributed by atoms with Crippen molar-refractivity contribution >= 4 is 21.8 Å². The molecule has 0 spiro atoms. The van der Waals surface area contributed by atoms with Crippen molar-refractivity contribution in [2.24, 2.45) is 0 Å². The second kappa shape index (κ2) is 14.5. The maximum Gasteiger partial charge on any atom is 0.247 e. The van der Waals surface area contributed by atoms with E-state index < -0.39 is 16.1 Å². The summed E-state index contributed by atoms with van der Waals surface area (Å²) >= 11 is 0. The molecule has 2 amide bonds. The van der Waals surface area contributed by atoms with Gasteiger partial charge in [-0.2, -0.15) is 4.31 Å². The highest BCUT2D eigenvalue weighted by atomic mass is 32.2. The van der Waals surface area contributed by atoms with Crippen LogP contribution in [0.5, 0.6) is 0 Å². The molecule has 0 bridgehead atoms. The Morgan fingerprint density at radius 2 is 1.36 bits per heavy atom. The van der Waals surface area contributed by atoms with E-state index in [1.807, 2.05) is 91.9 Å². The highest BCUT2D eigenvalue weighted by molar-refractivity contribution is 7.89. The maximum absolute atomic E-state index is 14.0. The van der Waals surface area contributed by atoms with Gasteiger partial charge < -0.3 is 10.2 Å². The molecule has 0 unspecified atom stereocenters. The van der Waals surface area contributed by atoms with Crippen LogP contribution in [0.15, 0.2) is 114 Å². The zero-order valence-electron chi connectivity index (χ0n) is 25.1. The fourth-order valence-corrected chi connectivity index (χ4v) is 7.02. The van der Waals surface area contributed by atoms with Gasteiger partial charge in [0.1, 0.15) is 6.04 Å². The van der Waals surface area contributed by atoms with Crippen LogP contribution in [0.3, 0.4) is 0 Å². The van der Waals surface area contributed by atoms with Crippen molar-refractivity contribution in [1.82, 2.24) is 14.5 Å². The molecule has 1 saturated heterocycles. The number of hydrogen-bond donors (Lipinski definition) is 1. The Balaban J connectivity index is 1.36. The van der Waals surface area contributed by atoms with E-state index in [1.165, 1.54) is 4.31 Å². The van der Waals surface area contributed by atoms with Crippen LogP contribution in [-0.2, 0) is 39.1 Å². The van der Waals surface area contributed by atoms with Crippen molar-refractivity contribution in [3.05, 3.63) is 137 Å². The molecule has 1 aliphatic heterocycles. The zero-order valence-corrected chi connectivity index (χ0v) is 25.9. The first kappa shape index (κ1) is 31.2. The Kier molecular flexibility index (Phi) is 10.2. The first-order chi connectivity index (χ1) is 21.3. The molecule has 44 heavy (non-hydrogen) atoms. The monoisotopic (exact) mass is 609 g/mol. The van der Waals surface area contributed by atoms with Crippen LogP contribution in [0, 0.1) is 6.92 Å². The molecule has 5 rings (SSSR count). The van der Waals surface area contributed by atoms with E-state index in [1.54, 1.807) is 29.2 Å². The number of aryl methyl sites for hydroxylation is 2. The van der Waals surface area contributed by atoms with Gasteiger partial charge in [0.2, 0.25) is 21.8 Å². The number of carbonyl (C=O) groups excluding carboxylic acids is 2. The molecule has 1 fully saturated rings. The second-order valence-corrected chi connectivity index (χ2v) is 13.2. The average molecular weight is 610 g/mol. The minimum atomic E-state index is -3.50. The third kappa shape index (κ3) is 7.81. The fourth-order valence-electron chi connectivity index (χ4n) is 5.50. The quantitative estimate of drug-likeness (QED) is 0.220. The maximum atomic E-state index is 14.0. The lowest BCUT2D eigenvalue weighted by atomic mass is 10.0. The molecule has 1 heterocycles. The van der Waals surface area contributed by atoms with Crippen molar-refractivity contribution in [2.75, 3.05) is 13.1 Å². The Hall–Kier alpha value is -4.27. The summed E-state index contributed by atoms with van der Waals surface area (Å²) in [6.45, 7) is 3.74. The molecule has 228 valence electrons. The van der Waals surface area contributed by atoms with E-state index in [2.05, 4.69) is 5.32 Å². The van der Waals surface area contributed by atoms with Crippen molar-refractivity contribution in [3.63, 3.8) is 0 Å². The van der Waals surface area contributed by atoms with Crippen LogP contribution in [0.2, 0.25) is 0 Å². The summed E-state index contributed by atoms with van der Waals surface area (Å²) in [4.78, 5) is 29.8. The Labute approximate surface area is 260 Å². The van der Waals surface area contributed by atoms with E-state index in [-0.39, 0.29) is 29.7 Å². The highest BCUT2D eigenvalue weighted by Crippen LogP contribution is 2.26. The van der Waals surface area contributed by atoms with Crippen LogP contribution in [-0.4, -0.2) is 42.5 Å². The van der Waals surface area contributed by atoms with Gasteiger partial charge in [0.25, 0.3) is 0 Å². The molecule has 0 radical (unpaired) electrons. The number of carbonyl (C=O) groups is 2. The molecule has 0 saturated carbocycles. The highest BCUT2D eigenvalue weighted by Gasteiger charge is 2.31. The van der Waals surface area contributed by atoms with Crippen LogP contribution in [0.25, 0.3) is 0 Å². The third-order valence-corrected chi connectivity index (χ3v) is 9.95. The molecule has 1 aliphatic rings. The van der Waals surface area contributed by atoms with E-state index in [0.29, 0.717) is 26.1 Å². The number of amides is 2. The van der Waals surface area contributed by atoms with Gasteiger partial charge in [-0.25, -0.2) is 8.42 Å². The average Bonchev–Trinajstić information content (AvgIpc) is 3.61. The number of nitrogens with zero attached hydrogens (tertiary/aromatic N) is 2. The lowest BCUT2D eigenvalue weighted by Gasteiger charge is -2.32. The van der Waals surface area contributed by atoms with Crippen molar-refractivity contribution < 1.29 is 18.0 Å². The van der Waals surface area contributed by atoms with Gasteiger partial charge in [0.15, 0.2) is 0 Å². The van der Waals surface area contributed by atoms with Crippen LogP contribution in [0.4, 0.5) is 0 Å². The summed E-state index contributed by atoms with van der Waals surface area (Å²) in [5.74, 6) is -0.417. The van der Waals surface area contributed by atoms with Crippen LogP contribution < -0.4 is 5.32 Å². The van der Waals surface area contributed by atoms with Gasteiger partial charge in [-0.15, -0.1) is 0 Å². The molecule has 0 aromatic heterocycles. The topological polar surface area (TPSA) is 86.8 Å². The second-order valence-electron chi connectivity index (χ2n) is 11.3. The molecule has 1 atom stereocenters. The summed E-state index contributed by atoms with van der Waals surface area (Å²) in [6, 6.07) is 33.0. The summed E-state index contributed by atoms with van der Waals surface area (Å²) in [7, 11) is -3.50. The molecule has 8 heteroatoms. The lowest BCUT2D eigenvalue weighted by molar-refractivity contribution is -0.141. The Morgan fingerprint density at radius 3 is 2.00 bits per heavy atom. The van der Waals surface area contributed by atoms with Crippen molar-refractivity contribution in [3.8, 4) is 0 Å². The summed E-state index contributed by atoms with van der Waals surface area (Å²) < 4.78 is 27.4. The standard InChI is InChI=1S/C36H39N3O4S/c1-28-14-16-30(17-15-28)26-37-36(41)35(32-12-6-3-7-13-32)39(27-31-10-4-2-5-11-31)34(40)23-20-29-18-21-33(22-19-29)44(42,43)38-24-8-9-25-38/h2-7,10-19,21-22,35H,8-9,20,23-27H2,1H3,(H,37,41)/t35-/m0/s1. The van der Waals surface area contributed by atoms with E-state index in [4.69, 9.17) is 0 Å². The van der Waals surface area contributed by atoms with Crippen LogP contribution >= 0.6 is 0 Å². The SMILES string of the molecule is Cc1ccc(CNC(=O)[C@H](c2ccccc2)N(Cc2ccccc2)C(=O)CCc2ccc(S(=O)(=O)N3CCCC3)cc2)cc1. The van der Waals surface area contributed by atoms with Gasteiger partial charge >= 0.3 is 0 Å². The molecule has 4 aromatic rings. The lowest BCUT2D eigenvalue weighted by Crippen LogP contribution is -2.43. The van der Waals surface area contributed by atoms with Gasteiger partial charge in [0.05, 0.1) is 4.90 Å². The van der Waals surface area contributed by atoms with Crippen molar-refractivity contribution in [1.29, 1.82) is 0 Å². The van der Waals surface area contributed by atoms with E-state index in [0.717, 1.165) is 40.7 Å². The fraction of sp³-hybridized carbons (Fsp3) is 0.278. The first-order valence-electron chi connectivity index (χ1n) is 15.1. The van der Waals surface area contributed by atoms with Gasteiger partial charge in [-0.3, -0.25) is 9.59 Å². The normalized spacial score (nSPS) is 14.2. The third-order valence-electron chi connectivity index (χ3n) is 8.03. The molecule has 1 N–H and O–H groups in total. The van der Waals surface area contributed by atoms with Crippen LogP contribution in [0.1, 0.15) is 53.1 Å². The number of rotatable bonds is 12. The molecule has 4 aromatic carbocycles. The zero-order chi connectivity index (χ0) is 30.9. The summed E-state index contributed by atoms with van der Waals surface area (Å²) in [6.07, 6.45) is 2.35.